The molecule has 0 bridgehead atoms. The van der Waals surface area contributed by atoms with Gasteiger partial charge in [0, 0.05) is 37.2 Å². The van der Waals surface area contributed by atoms with Crippen LogP contribution in [0, 0.1) is 5.92 Å². The first kappa shape index (κ1) is 12.9. The van der Waals surface area contributed by atoms with Gasteiger partial charge in [-0.3, -0.25) is 4.68 Å². The molecule has 4 nitrogen and oxygen atoms in total. The summed E-state index contributed by atoms with van der Waals surface area (Å²) in [7, 11) is 3.96. The van der Waals surface area contributed by atoms with Gasteiger partial charge in [-0.25, -0.2) is 0 Å². The standard InChI is InChI=1S/C14H22N4/c1-11(2)14(15-3)13-5-6-18(10-13)9-12-7-16-17(4)8-12/h5-8,10-11,14-15H,9H2,1-4H3. The van der Waals surface area contributed by atoms with E-state index in [0.717, 1.165) is 6.54 Å². The van der Waals surface area contributed by atoms with Crippen molar-refractivity contribution in [2.45, 2.75) is 26.4 Å². The summed E-state index contributed by atoms with van der Waals surface area (Å²) in [6.07, 6.45) is 8.32. The van der Waals surface area contributed by atoms with Gasteiger partial charge in [-0.15, -0.1) is 0 Å². The summed E-state index contributed by atoms with van der Waals surface area (Å²) in [5.74, 6) is 0.587. The summed E-state index contributed by atoms with van der Waals surface area (Å²) in [5.41, 5.74) is 2.57. The topological polar surface area (TPSA) is 34.8 Å². The molecule has 0 amide bonds. The summed E-state index contributed by atoms with van der Waals surface area (Å²) in [6, 6.07) is 2.61. The highest BCUT2D eigenvalue weighted by Crippen LogP contribution is 2.21. The number of hydrogen-bond donors (Lipinski definition) is 1. The second-order valence-electron chi connectivity index (χ2n) is 5.15. The molecule has 0 saturated carbocycles. The van der Waals surface area contributed by atoms with Crippen molar-refractivity contribution in [3.8, 4) is 0 Å². The average molecular weight is 246 g/mol. The second-order valence-corrected chi connectivity index (χ2v) is 5.15. The lowest BCUT2D eigenvalue weighted by Gasteiger charge is -2.18. The monoisotopic (exact) mass is 246 g/mol. The zero-order chi connectivity index (χ0) is 13.1. The summed E-state index contributed by atoms with van der Waals surface area (Å²) < 4.78 is 4.04. The Morgan fingerprint density at radius 3 is 2.67 bits per heavy atom. The Labute approximate surface area is 109 Å². The summed E-state index contributed by atoms with van der Waals surface area (Å²) >= 11 is 0. The van der Waals surface area contributed by atoms with Crippen molar-refractivity contribution in [2.75, 3.05) is 7.05 Å². The van der Waals surface area contributed by atoms with Gasteiger partial charge in [-0.2, -0.15) is 5.10 Å². The van der Waals surface area contributed by atoms with Gasteiger partial charge in [0.25, 0.3) is 0 Å². The normalized spacial score (nSPS) is 13.2. The fraction of sp³-hybridized carbons (Fsp3) is 0.500. The first-order valence-corrected chi connectivity index (χ1v) is 6.40. The largest absolute Gasteiger partial charge is 0.349 e. The first-order chi connectivity index (χ1) is 8.60. The van der Waals surface area contributed by atoms with Crippen LogP contribution in [0.3, 0.4) is 0 Å². The zero-order valence-electron chi connectivity index (χ0n) is 11.6. The molecule has 1 N–H and O–H groups in total. The Morgan fingerprint density at radius 1 is 1.33 bits per heavy atom. The van der Waals surface area contributed by atoms with Gasteiger partial charge < -0.3 is 9.88 Å². The number of hydrogen-bond acceptors (Lipinski definition) is 2. The highest BCUT2D eigenvalue weighted by atomic mass is 15.2. The molecule has 0 aliphatic carbocycles. The van der Waals surface area contributed by atoms with Crippen LogP contribution < -0.4 is 5.32 Å². The van der Waals surface area contributed by atoms with E-state index in [0.29, 0.717) is 12.0 Å². The van der Waals surface area contributed by atoms with Crippen LogP contribution in [0.5, 0.6) is 0 Å². The zero-order valence-corrected chi connectivity index (χ0v) is 11.6. The number of aryl methyl sites for hydroxylation is 1. The third-order valence-electron chi connectivity index (χ3n) is 3.23. The van der Waals surface area contributed by atoms with Crippen molar-refractivity contribution >= 4 is 0 Å². The van der Waals surface area contributed by atoms with Gasteiger partial charge in [0.15, 0.2) is 0 Å². The second kappa shape index (κ2) is 5.40. The van der Waals surface area contributed by atoms with Gasteiger partial charge in [0.1, 0.15) is 0 Å². The van der Waals surface area contributed by atoms with Crippen molar-refractivity contribution in [1.82, 2.24) is 19.7 Å². The van der Waals surface area contributed by atoms with Crippen LogP contribution >= 0.6 is 0 Å². The summed E-state index contributed by atoms with van der Waals surface area (Å²) in [4.78, 5) is 0. The van der Waals surface area contributed by atoms with Crippen molar-refractivity contribution in [1.29, 1.82) is 0 Å². The minimum absolute atomic E-state index is 0.417. The summed E-state index contributed by atoms with van der Waals surface area (Å²) in [6.45, 7) is 5.35. The molecule has 18 heavy (non-hydrogen) atoms. The van der Waals surface area contributed by atoms with Gasteiger partial charge in [0.2, 0.25) is 0 Å². The van der Waals surface area contributed by atoms with Crippen LogP contribution in [-0.2, 0) is 13.6 Å². The summed E-state index contributed by atoms with van der Waals surface area (Å²) in [5, 5.41) is 7.56. The van der Waals surface area contributed by atoms with E-state index in [-0.39, 0.29) is 0 Å². The average Bonchev–Trinajstić information content (AvgIpc) is 2.90. The van der Waals surface area contributed by atoms with Gasteiger partial charge in [-0.05, 0) is 24.6 Å². The fourth-order valence-corrected chi connectivity index (χ4v) is 2.39. The molecule has 0 aliphatic heterocycles. The van der Waals surface area contributed by atoms with Gasteiger partial charge in [0.05, 0.1) is 12.7 Å². The van der Waals surface area contributed by atoms with Crippen LogP contribution in [0.15, 0.2) is 30.9 Å². The maximum Gasteiger partial charge on any atom is 0.0539 e. The molecule has 98 valence electrons. The van der Waals surface area contributed by atoms with Crippen LogP contribution in [-0.4, -0.2) is 21.4 Å². The van der Waals surface area contributed by atoms with Gasteiger partial charge >= 0.3 is 0 Å². The van der Waals surface area contributed by atoms with E-state index < -0.39 is 0 Å². The number of aromatic nitrogens is 3. The molecule has 2 aromatic heterocycles. The maximum absolute atomic E-state index is 4.19. The Bertz CT molecular complexity index is 495. The SMILES string of the molecule is CNC(c1ccn(Cc2cnn(C)c2)c1)C(C)C. The molecule has 0 radical (unpaired) electrons. The van der Waals surface area contributed by atoms with Crippen LogP contribution in [0.1, 0.15) is 31.0 Å². The van der Waals surface area contributed by atoms with E-state index in [1.807, 2.05) is 25.0 Å². The Morgan fingerprint density at radius 2 is 2.11 bits per heavy atom. The van der Waals surface area contributed by atoms with Crippen molar-refractivity contribution < 1.29 is 0 Å². The Hall–Kier alpha value is -1.55. The predicted octanol–water partition coefficient (Wildman–Crippen LogP) is 2.19. The molecule has 1 unspecified atom stereocenters. The molecule has 1 atom stereocenters. The van der Waals surface area contributed by atoms with E-state index in [1.54, 1.807) is 0 Å². The molecule has 2 rings (SSSR count). The maximum atomic E-state index is 4.19. The van der Waals surface area contributed by atoms with E-state index in [2.05, 4.69) is 53.5 Å². The molecule has 0 spiro atoms. The highest BCUT2D eigenvalue weighted by Gasteiger charge is 2.14. The van der Waals surface area contributed by atoms with Crippen molar-refractivity contribution in [3.63, 3.8) is 0 Å². The van der Waals surface area contributed by atoms with Crippen LogP contribution in [0.25, 0.3) is 0 Å². The molecule has 0 fully saturated rings. The van der Waals surface area contributed by atoms with E-state index >= 15 is 0 Å². The lowest BCUT2D eigenvalue weighted by molar-refractivity contribution is 0.443. The minimum Gasteiger partial charge on any atom is -0.349 e. The number of nitrogens with one attached hydrogen (secondary N) is 1. The molecule has 2 aromatic rings. The number of rotatable bonds is 5. The molecular formula is C14H22N4. The van der Waals surface area contributed by atoms with Crippen molar-refractivity contribution in [2.24, 2.45) is 13.0 Å². The third kappa shape index (κ3) is 2.82. The van der Waals surface area contributed by atoms with Crippen LogP contribution in [0.2, 0.25) is 0 Å². The van der Waals surface area contributed by atoms with E-state index in [4.69, 9.17) is 0 Å². The molecular weight excluding hydrogens is 224 g/mol. The first-order valence-electron chi connectivity index (χ1n) is 6.40. The lowest BCUT2D eigenvalue weighted by atomic mass is 9.99. The molecule has 4 heteroatoms. The van der Waals surface area contributed by atoms with Gasteiger partial charge in [-0.1, -0.05) is 13.8 Å². The molecule has 0 aliphatic rings. The molecule has 0 aromatic carbocycles. The Kier molecular flexibility index (Phi) is 3.87. The molecule has 2 heterocycles. The predicted molar refractivity (Wildman–Crippen MR) is 73.4 cm³/mol. The quantitative estimate of drug-likeness (QED) is 0.877. The minimum atomic E-state index is 0.417. The fourth-order valence-electron chi connectivity index (χ4n) is 2.39. The third-order valence-corrected chi connectivity index (χ3v) is 3.23. The Balaban J connectivity index is 2.10. The van der Waals surface area contributed by atoms with E-state index in [9.17, 15) is 0 Å². The van der Waals surface area contributed by atoms with Crippen LogP contribution in [0.4, 0.5) is 0 Å². The van der Waals surface area contributed by atoms with Crippen molar-refractivity contribution in [3.05, 3.63) is 42.0 Å². The highest BCUT2D eigenvalue weighted by molar-refractivity contribution is 5.17. The lowest BCUT2D eigenvalue weighted by Crippen LogP contribution is -2.21. The van der Waals surface area contributed by atoms with E-state index in [1.165, 1.54) is 11.1 Å². The smallest absolute Gasteiger partial charge is 0.0539 e. The molecule has 0 saturated heterocycles. The number of nitrogens with zero attached hydrogens (tertiary/aromatic N) is 3.